The molecule has 0 aliphatic heterocycles. The third-order valence-corrected chi connectivity index (χ3v) is 4.67. The zero-order valence-corrected chi connectivity index (χ0v) is 17.3. The predicted octanol–water partition coefficient (Wildman–Crippen LogP) is 7.41. The van der Waals surface area contributed by atoms with Crippen molar-refractivity contribution in [2.75, 3.05) is 7.05 Å². The highest BCUT2D eigenvalue weighted by molar-refractivity contribution is 5.97. The Morgan fingerprint density at radius 2 is 1.72 bits per heavy atom. The molecule has 25 heavy (non-hydrogen) atoms. The lowest BCUT2D eigenvalue weighted by atomic mass is 9.91. The van der Waals surface area contributed by atoms with E-state index in [1.807, 2.05) is 13.1 Å². The van der Waals surface area contributed by atoms with Gasteiger partial charge in [-0.2, -0.15) is 0 Å². The average Bonchev–Trinajstić information content (AvgIpc) is 2.58. The van der Waals surface area contributed by atoms with Gasteiger partial charge in [-0.1, -0.05) is 55.2 Å². The number of aliphatic imine (C=N–C) groups is 1. The van der Waals surface area contributed by atoms with Crippen LogP contribution in [0.2, 0.25) is 0 Å². The van der Waals surface area contributed by atoms with E-state index in [-0.39, 0.29) is 0 Å². The van der Waals surface area contributed by atoms with Crippen molar-refractivity contribution in [2.24, 2.45) is 10.9 Å². The van der Waals surface area contributed by atoms with Gasteiger partial charge in [0.05, 0.1) is 0 Å². The van der Waals surface area contributed by atoms with Crippen molar-refractivity contribution in [1.82, 2.24) is 0 Å². The Morgan fingerprint density at radius 1 is 1.08 bits per heavy atom. The molecule has 0 aliphatic rings. The summed E-state index contributed by atoms with van der Waals surface area (Å²) in [6.07, 6.45) is 12.8. The third-order valence-electron chi connectivity index (χ3n) is 4.67. The van der Waals surface area contributed by atoms with Crippen LogP contribution in [0.3, 0.4) is 0 Å². The Bertz CT molecular complexity index is 590. The van der Waals surface area contributed by atoms with Gasteiger partial charge in [0.1, 0.15) is 0 Å². The molecule has 1 nitrogen and oxygen atoms in total. The second kappa shape index (κ2) is 12.5. The molecule has 1 unspecified atom stereocenters. The van der Waals surface area contributed by atoms with E-state index < -0.39 is 0 Å². The fourth-order valence-corrected chi connectivity index (χ4v) is 2.84. The molecule has 0 aromatic heterocycles. The molecule has 0 rings (SSSR count). The maximum atomic E-state index is 4.30. The molecule has 138 valence electrons. The summed E-state index contributed by atoms with van der Waals surface area (Å²) >= 11 is 0. The summed E-state index contributed by atoms with van der Waals surface area (Å²) in [5.74, 6) is 0.414. The Labute approximate surface area is 156 Å². The number of hydrogen-bond acceptors (Lipinski definition) is 1. The Balaban J connectivity index is 4.80. The molecule has 0 spiro atoms. The number of hydrogen-bond donors (Lipinski definition) is 0. The van der Waals surface area contributed by atoms with Crippen LogP contribution < -0.4 is 0 Å². The molecule has 0 saturated carbocycles. The molecule has 0 N–H and O–H groups in total. The van der Waals surface area contributed by atoms with Crippen molar-refractivity contribution in [1.29, 1.82) is 0 Å². The molecule has 0 aromatic rings. The monoisotopic (exact) mass is 339 g/mol. The van der Waals surface area contributed by atoms with Gasteiger partial charge in [-0.15, -0.1) is 0 Å². The van der Waals surface area contributed by atoms with Crippen molar-refractivity contribution in [3.8, 4) is 0 Å². The van der Waals surface area contributed by atoms with Crippen molar-refractivity contribution in [2.45, 2.75) is 60.3 Å². The van der Waals surface area contributed by atoms with Crippen LogP contribution in [-0.4, -0.2) is 12.8 Å². The average molecular weight is 340 g/mol. The molecule has 0 saturated heterocycles. The van der Waals surface area contributed by atoms with Gasteiger partial charge in [-0.05, 0) is 82.9 Å². The summed E-state index contributed by atoms with van der Waals surface area (Å²) in [6.45, 7) is 22.7. The van der Waals surface area contributed by atoms with Crippen LogP contribution in [0.1, 0.15) is 60.3 Å². The van der Waals surface area contributed by atoms with Crippen LogP contribution in [0.15, 0.2) is 76.9 Å². The minimum atomic E-state index is 0.414. The zero-order valence-electron chi connectivity index (χ0n) is 17.3. The van der Waals surface area contributed by atoms with E-state index in [0.717, 1.165) is 37.0 Å². The lowest BCUT2D eigenvalue weighted by Gasteiger charge is -2.15. The molecule has 0 radical (unpaired) electrons. The molecule has 0 amide bonds. The first-order valence-corrected chi connectivity index (χ1v) is 9.17. The Morgan fingerprint density at radius 3 is 2.16 bits per heavy atom. The third kappa shape index (κ3) is 8.67. The first kappa shape index (κ1) is 23.1. The Hall–Kier alpha value is -1.89. The minimum Gasteiger partial charge on any atom is -0.293 e. The number of allylic oxidation sites excluding steroid dienone is 9. The predicted molar refractivity (Wildman–Crippen MR) is 116 cm³/mol. The fraction of sp³-hybridized carbons (Fsp3) is 0.458. The molecule has 1 atom stereocenters. The molecule has 0 heterocycles. The number of nitrogens with zero attached hydrogens (tertiary/aromatic N) is 1. The zero-order chi connectivity index (χ0) is 19.4. The van der Waals surface area contributed by atoms with Crippen LogP contribution in [0.5, 0.6) is 0 Å². The highest BCUT2D eigenvalue weighted by Crippen LogP contribution is 2.23. The summed E-state index contributed by atoms with van der Waals surface area (Å²) < 4.78 is 0. The van der Waals surface area contributed by atoms with E-state index in [9.17, 15) is 0 Å². The maximum absolute atomic E-state index is 4.30. The van der Waals surface area contributed by atoms with Gasteiger partial charge in [0.25, 0.3) is 0 Å². The van der Waals surface area contributed by atoms with Crippen LogP contribution >= 0.6 is 0 Å². The van der Waals surface area contributed by atoms with Crippen LogP contribution in [0.4, 0.5) is 0 Å². The second-order valence-electron chi connectivity index (χ2n) is 6.79. The molecule has 0 bridgehead atoms. The van der Waals surface area contributed by atoms with Crippen LogP contribution in [0.25, 0.3) is 0 Å². The van der Waals surface area contributed by atoms with Gasteiger partial charge in [-0.3, -0.25) is 4.99 Å². The smallest absolute Gasteiger partial charge is 0.0342 e. The highest BCUT2D eigenvalue weighted by Gasteiger charge is 2.09. The van der Waals surface area contributed by atoms with E-state index >= 15 is 0 Å². The standard InChI is InChI=1S/C24H37N/c1-10-20(7)24(19(5)6)15-13-12-14-23(18(3)4)17-16-22(11-2)21(8)25-9/h10-12,14,23H,1,3,7,13,15-17H2,2,4-6,8-9H3/b14-12-,22-11-,25-21-. The van der Waals surface area contributed by atoms with Crippen molar-refractivity contribution in [3.63, 3.8) is 0 Å². The first-order valence-electron chi connectivity index (χ1n) is 9.17. The summed E-state index contributed by atoms with van der Waals surface area (Å²) in [4.78, 5) is 4.30. The van der Waals surface area contributed by atoms with E-state index in [0.29, 0.717) is 5.92 Å². The lowest BCUT2D eigenvalue weighted by molar-refractivity contribution is 0.675. The molecular formula is C24H37N. The summed E-state index contributed by atoms with van der Waals surface area (Å²) in [5.41, 5.74) is 7.35. The van der Waals surface area contributed by atoms with Crippen LogP contribution in [-0.2, 0) is 0 Å². The van der Waals surface area contributed by atoms with Crippen molar-refractivity contribution in [3.05, 3.63) is 71.9 Å². The summed E-state index contributed by atoms with van der Waals surface area (Å²) in [7, 11) is 1.85. The van der Waals surface area contributed by atoms with Gasteiger partial charge in [-0.25, -0.2) is 0 Å². The number of rotatable bonds is 11. The SMILES string of the molecule is C=CC(=C)C(CC/C=C\C(CCC(=C/C)/C(C)=N\C)C(=C)C)=C(C)C. The normalized spacial score (nSPS) is 13.7. The Kier molecular flexibility index (Phi) is 11.5. The van der Waals surface area contributed by atoms with E-state index in [4.69, 9.17) is 0 Å². The van der Waals surface area contributed by atoms with Crippen LogP contribution in [0, 0.1) is 5.92 Å². The molecule has 0 aliphatic carbocycles. The molecule has 0 fully saturated rings. The largest absolute Gasteiger partial charge is 0.293 e. The first-order chi connectivity index (χ1) is 11.8. The second-order valence-corrected chi connectivity index (χ2v) is 6.79. The van der Waals surface area contributed by atoms with Gasteiger partial charge >= 0.3 is 0 Å². The van der Waals surface area contributed by atoms with E-state index in [2.05, 4.69) is 77.6 Å². The highest BCUT2D eigenvalue weighted by atomic mass is 14.7. The van der Waals surface area contributed by atoms with Crippen molar-refractivity contribution >= 4 is 5.71 Å². The quantitative estimate of drug-likeness (QED) is 0.211. The molecule has 1 heteroatoms. The summed E-state index contributed by atoms with van der Waals surface area (Å²) in [5, 5.41) is 0. The van der Waals surface area contributed by atoms with Crippen molar-refractivity contribution < 1.29 is 0 Å². The topological polar surface area (TPSA) is 12.4 Å². The van der Waals surface area contributed by atoms with E-state index in [1.54, 1.807) is 0 Å². The van der Waals surface area contributed by atoms with Gasteiger partial charge in [0, 0.05) is 12.8 Å². The fourth-order valence-electron chi connectivity index (χ4n) is 2.84. The lowest BCUT2D eigenvalue weighted by Crippen LogP contribution is -2.03. The van der Waals surface area contributed by atoms with E-state index in [1.165, 1.54) is 22.3 Å². The molecular weight excluding hydrogens is 302 g/mol. The summed E-state index contributed by atoms with van der Waals surface area (Å²) in [6, 6.07) is 0. The van der Waals surface area contributed by atoms with Gasteiger partial charge in [0.2, 0.25) is 0 Å². The molecule has 0 aromatic carbocycles. The van der Waals surface area contributed by atoms with Gasteiger partial charge in [0.15, 0.2) is 0 Å². The minimum absolute atomic E-state index is 0.414. The van der Waals surface area contributed by atoms with Gasteiger partial charge < -0.3 is 0 Å². The maximum Gasteiger partial charge on any atom is 0.0342 e.